The predicted molar refractivity (Wildman–Crippen MR) is 80.3 cm³/mol. The summed E-state index contributed by atoms with van der Waals surface area (Å²) in [5.41, 5.74) is 7.88. The van der Waals surface area contributed by atoms with Crippen LogP contribution in [0.25, 0.3) is 0 Å². The molecule has 0 saturated carbocycles. The van der Waals surface area contributed by atoms with Gasteiger partial charge in [0.25, 0.3) is 0 Å². The molecule has 0 bridgehead atoms. The van der Waals surface area contributed by atoms with Crippen molar-refractivity contribution in [3.63, 3.8) is 0 Å². The van der Waals surface area contributed by atoms with Gasteiger partial charge in [-0.3, -0.25) is 0 Å². The third-order valence-corrected chi connectivity index (χ3v) is 3.32. The molecule has 2 rings (SSSR count). The molecule has 0 fully saturated rings. The minimum absolute atomic E-state index is 0.0274. The van der Waals surface area contributed by atoms with E-state index >= 15 is 0 Å². The van der Waals surface area contributed by atoms with Crippen LogP contribution >= 0.6 is 15.9 Å². The van der Waals surface area contributed by atoms with Crippen LogP contribution in [0.4, 0.5) is 5.69 Å². The van der Waals surface area contributed by atoms with Crippen LogP contribution in [0.3, 0.4) is 0 Å². The van der Waals surface area contributed by atoms with Crippen molar-refractivity contribution in [3.05, 3.63) is 52.6 Å². The topological polar surface area (TPSA) is 60.2 Å². The van der Waals surface area contributed by atoms with Crippen molar-refractivity contribution in [2.45, 2.75) is 6.04 Å². The summed E-state index contributed by atoms with van der Waals surface area (Å²) in [7, 11) is 1.60. The van der Waals surface area contributed by atoms with E-state index in [0.717, 1.165) is 15.7 Å². The van der Waals surface area contributed by atoms with Gasteiger partial charge >= 0.3 is 0 Å². The number of nitrogens with two attached hydrogens (primary N) is 1. The van der Waals surface area contributed by atoms with Crippen LogP contribution < -0.4 is 15.8 Å². The van der Waals surface area contributed by atoms with E-state index < -0.39 is 0 Å². The Labute approximate surface area is 121 Å². The first-order chi connectivity index (χ1) is 9.22. The van der Waals surface area contributed by atoms with E-state index in [0.29, 0.717) is 12.4 Å². The molecule has 0 aliphatic heterocycles. The molecule has 0 saturated heterocycles. The molecule has 2 aromatic rings. The second-order valence-corrected chi connectivity index (χ2v) is 4.99. The maximum Gasteiger partial charge on any atom is 0.212 e. The average molecular weight is 322 g/mol. The summed E-state index contributed by atoms with van der Waals surface area (Å²) in [5.74, 6) is 0.600. The Hall–Kier alpha value is -1.59. The maximum absolute atomic E-state index is 5.82. The summed E-state index contributed by atoms with van der Waals surface area (Å²) in [6.07, 6.45) is 1.78. The third kappa shape index (κ3) is 3.68. The molecule has 1 heterocycles. The molecule has 19 heavy (non-hydrogen) atoms. The molecule has 1 unspecified atom stereocenters. The number of hydrogen-bond acceptors (Lipinski definition) is 4. The van der Waals surface area contributed by atoms with Crippen molar-refractivity contribution in [2.24, 2.45) is 5.73 Å². The molecule has 5 heteroatoms. The van der Waals surface area contributed by atoms with Gasteiger partial charge in [-0.1, -0.05) is 22.0 Å². The molecular weight excluding hydrogens is 306 g/mol. The molecule has 0 aliphatic carbocycles. The van der Waals surface area contributed by atoms with Gasteiger partial charge in [0.1, 0.15) is 0 Å². The van der Waals surface area contributed by atoms with Crippen molar-refractivity contribution in [3.8, 4) is 5.88 Å². The lowest BCUT2D eigenvalue weighted by atomic mass is 10.1. The van der Waals surface area contributed by atoms with Crippen molar-refractivity contribution in [2.75, 3.05) is 19.0 Å². The fourth-order valence-corrected chi connectivity index (χ4v) is 2.01. The van der Waals surface area contributed by atoms with Gasteiger partial charge in [-0.2, -0.15) is 0 Å². The normalized spacial score (nSPS) is 11.9. The van der Waals surface area contributed by atoms with Crippen molar-refractivity contribution in [1.82, 2.24) is 4.98 Å². The van der Waals surface area contributed by atoms with Crippen LogP contribution in [0.15, 0.2) is 47.1 Å². The molecule has 0 amide bonds. The second kappa shape index (κ2) is 6.54. The van der Waals surface area contributed by atoms with Crippen LogP contribution in [-0.4, -0.2) is 18.6 Å². The van der Waals surface area contributed by atoms with Crippen molar-refractivity contribution < 1.29 is 4.74 Å². The first-order valence-corrected chi connectivity index (χ1v) is 6.74. The van der Waals surface area contributed by atoms with Gasteiger partial charge < -0.3 is 15.8 Å². The molecule has 3 N–H and O–H groups in total. The van der Waals surface area contributed by atoms with Gasteiger partial charge in [-0.25, -0.2) is 4.98 Å². The lowest BCUT2D eigenvalue weighted by Crippen LogP contribution is -2.20. The maximum atomic E-state index is 5.82. The highest BCUT2D eigenvalue weighted by Crippen LogP contribution is 2.21. The Morgan fingerprint density at radius 3 is 2.53 bits per heavy atom. The van der Waals surface area contributed by atoms with Gasteiger partial charge in [0.15, 0.2) is 0 Å². The summed E-state index contributed by atoms with van der Waals surface area (Å²) < 4.78 is 6.10. The smallest absolute Gasteiger partial charge is 0.212 e. The van der Waals surface area contributed by atoms with Crippen molar-refractivity contribution >= 4 is 21.6 Å². The molecule has 0 aliphatic rings. The molecule has 0 radical (unpaired) electrons. The van der Waals surface area contributed by atoms with E-state index in [1.165, 1.54) is 0 Å². The van der Waals surface area contributed by atoms with Crippen LogP contribution in [0.2, 0.25) is 0 Å². The standard InChI is InChI=1S/C14H16BrN3O/c1-19-14-7-2-10(9-17-14)13(8-16)18-12-5-3-11(15)4-6-12/h2-7,9,13,18H,8,16H2,1H3. The van der Waals surface area contributed by atoms with Gasteiger partial charge in [-0.15, -0.1) is 0 Å². The summed E-state index contributed by atoms with van der Waals surface area (Å²) in [6.45, 7) is 0.490. The SMILES string of the molecule is COc1ccc(C(CN)Nc2ccc(Br)cc2)cn1. The lowest BCUT2D eigenvalue weighted by Gasteiger charge is -2.18. The van der Waals surface area contributed by atoms with E-state index in [1.54, 1.807) is 13.3 Å². The van der Waals surface area contributed by atoms with Crippen LogP contribution in [0.5, 0.6) is 5.88 Å². The number of halogens is 1. The molecule has 1 atom stereocenters. The molecule has 4 nitrogen and oxygen atoms in total. The predicted octanol–water partition coefficient (Wildman–Crippen LogP) is 2.96. The highest BCUT2D eigenvalue weighted by atomic mass is 79.9. The first-order valence-electron chi connectivity index (χ1n) is 5.95. The number of hydrogen-bond donors (Lipinski definition) is 2. The quantitative estimate of drug-likeness (QED) is 0.888. The van der Waals surface area contributed by atoms with Gasteiger partial charge in [0, 0.05) is 29.0 Å². The summed E-state index contributed by atoms with van der Waals surface area (Å²) >= 11 is 3.41. The van der Waals surface area contributed by atoms with Crippen LogP contribution in [0, 0.1) is 0 Å². The Morgan fingerprint density at radius 2 is 2.00 bits per heavy atom. The zero-order valence-corrected chi connectivity index (χ0v) is 12.2. The fraction of sp³-hybridized carbons (Fsp3) is 0.214. The molecular formula is C14H16BrN3O. The van der Waals surface area contributed by atoms with E-state index in [4.69, 9.17) is 10.5 Å². The number of anilines is 1. The number of ether oxygens (including phenoxy) is 1. The van der Waals surface area contributed by atoms with Gasteiger partial charge in [0.05, 0.1) is 13.2 Å². The number of aromatic nitrogens is 1. The molecule has 0 spiro atoms. The summed E-state index contributed by atoms with van der Waals surface area (Å²) in [5, 5.41) is 3.38. The molecule has 1 aromatic carbocycles. The molecule has 1 aromatic heterocycles. The third-order valence-electron chi connectivity index (χ3n) is 2.79. The van der Waals surface area contributed by atoms with E-state index in [2.05, 4.69) is 26.2 Å². The number of methoxy groups -OCH3 is 1. The largest absolute Gasteiger partial charge is 0.481 e. The van der Waals surface area contributed by atoms with E-state index in [1.807, 2.05) is 36.4 Å². The Balaban J connectivity index is 2.12. The Morgan fingerprint density at radius 1 is 1.26 bits per heavy atom. The van der Waals surface area contributed by atoms with Crippen LogP contribution in [-0.2, 0) is 0 Å². The number of nitrogens with zero attached hydrogens (tertiary/aromatic N) is 1. The highest BCUT2D eigenvalue weighted by Gasteiger charge is 2.10. The minimum Gasteiger partial charge on any atom is -0.481 e. The van der Waals surface area contributed by atoms with E-state index in [9.17, 15) is 0 Å². The lowest BCUT2D eigenvalue weighted by molar-refractivity contribution is 0.397. The Kier molecular flexibility index (Phi) is 4.76. The summed E-state index contributed by atoms with van der Waals surface area (Å²) in [4.78, 5) is 4.20. The first kappa shape index (κ1) is 13.8. The number of benzene rings is 1. The van der Waals surface area contributed by atoms with Crippen LogP contribution in [0.1, 0.15) is 11.6 Å². The number of nitrogens with one attached hydrogen (secondary N) is 1. The van der Waals surface area contributed by atoms with E-state index in [-0.39, 0.29) is 6.04 Å². The monoisotopic (exact) mass is 321 g/mol. The van der Waals surface area contributed by atoms with Gasteiger partial charge in [-0.05, 0) is 29.8 Å². The number of rotatable bonds is 5. The highest BCUT2D eigenvalue weighted by molar-refractivity contribution is 9.10. The average Bonchev–Trinajstić information content (AvgIpc) is 2.47. The fourth-order valence-electron chi connectivity index (χ4n) is 1.74. The zero-order chi connectivity index (χ0) is 13.7. The zero-order valence-electron chi connectivity index (χ0n) is 10.6. The second-order valence-electron chi connectivity index (χ2n) is 4.07. The summed E-state index contributed by atoms with van der Waals surface area (Å²) in [6, 6.07) is 11.8. The number of pyridine rings is 1. The molecule has 100 valence electrons. The van der Waals surface area contributed by atoms with Gasteiger partial charge in [0.2, 0.25) is 5.88 Å². The van der Waals surface area contributed by atoms with Crippen molar-refractivity contribution in [1.29, 1.82) is 0 Å². The minimum atomic E-state index is 0.0274. The Bertz CT molecular complexity index is 513.